The van der Waals surface area contributed by atoms with Crippen LogP contribution in [0.25, 0.3) is 0 Å². The average Bonchev–Trinajstić information content (AvgIpc) is 2.63. The van der Waals surface area contributed by atoms with E-state index in [1.165, 1.54) is 11.3 Å². The number of aliphatic carboxylic acids is 1. The number of aliphatic hydroxyl groups excluding tert-OH is 2. The highest BCUT2D eigenvalue weighted by Gasteiger charge is 2.19. The topological polar surface area (TPSA) is 77.8 Å². The number of halogens is 1. The summed E-state index contributed by atoms with van der Waals surface area (Å²) in [6, 6.07) is 1.57. The minimum absolute atomic E-state index is 0.0642. The van der Waals surface area contributed by atoms with Gasteiger partial charge in [-0.1, -0.05) is 0 Å². The molecule has 0 radical (unpaired) electrons. The fourth-order valence-corrected chi connectivity index (χ4v) is 2.18. The van der Waals surface area contributed by atoms with Crippen LogP contribution >= 0.6 is 22.9 Å². The van der Waals surface area contributed by atoms with E-state index < -0.39 is 18.2 Å². The van der Waals surface area contributed by atoms with E-state index in [0.29, 0.717) is 10.4 Å². The van der Waals surface area contributed by atoms with E-state index >= 15 is 0 Å². The second kappa shape index (κ2) is 5.46. The third-order valence-electron chi connectivity index (χ3n) is 1.86. The molecule has 3 N–H and O–H groups in total. The third-order valence-corrected chi connectivity index (χ3v) is 3.13. The smallest absolute Gasteiger partial charge is 0.308 e. The highest BCUT2D eigenvalue weighted by atomic mass is 35.5. The Morgan fingerprint density at radius 1 is 1.53 bits per heavy atom. The molecular weight excluding hydrogens is 240 g/mol. The monoisotopic (exact) mass is 250 g/mol. The quantitative estimate of drug-likeness (QED) is 0.682. The Labute approximate surface area is 95.7 Å². The molecule has 15 heavy (non-hydrogen) atoms. The summed E-state index contributed by atoms with van der Waals surface area (Å²) < 4.78 is 0. The molecule has 0 saturated carbocycles. The summed E-state index contributed by atoms with van der Waals surface area (Å²) in [4.78, 5) is 11.0. The maximum Gasteiger partial charge on any atom is 0.308 e. The lowest BCUT2D eigenvalue weighted by molar-refractivity contribution is -0.136. The molecule has 0 aromatic carbocycles. The molecule has 1 aromatic heterocycles. The zero-order valence-corrected chi connectivity index (χ0v) is 9.33. The Hall–Kier alpha value is -0.620. The minimum atomic E-state index is -1.05. The zero-order chi connectivity index (χ0) is 11.4. The lowest BCUT2D eigenvalue weighted by Crippen LogP contribution is -2.19. The highest BCUT2D eigenvalue weighted by Crippen LogP contribution is 2.24. The summed E-state index contributed by atoms with van der Waals surface area (Å²) in [6.07, 6.45) is -2.16. The number of carboxylic acid groups (broad SMARTS) is 1. The number of alkyl halides is 1. The number of hydrogen-bond donors (Lipinski definition) is 3. The van der Waals surface area contributed by atoms with Gasteiger partial charge in [-0.3, -0.25) is 4.79 Å². The molecule has 1 heterocycles. The summed E-state index contributed by atoms with van der Waals surface area (Å²) in [5.41, 5.74) is 0.504. The Morgan fingerprint density at radius 2 is 2.20 bits per heavy atom. The first-order chi connectivity index (χ1) is 7.04. The number of hydrogen-bond acceptors (Lipinski definition) is 4. The van der Waals surface area contributed by atoms with Gasteiger partial charge in [0.25, 0.3) is 0 Å². The maximum absolute atomic E-state index is 10.4. The van der Waals surface area contributed by atoms with Gasteiger partial charge in [0.2, 0.25) is 0 Å². The van der Waals surface area contributed by atoms with Crippen molar-refractivity contribution in [1.82, 2.24) is 0 Å². The molecule has 0 aliphatic carbocycles. The number of aliphatic hydroxyl groups is 2. The van der Waals surface area contributed by atoms with Crippen molar-refractivity contribution in [3.63, 3.8) is 0 Å². The standard InChI is InChI=1S/C9H11ClO4S/c10-3-7(11)9(14)5-1-6(15-4-5)2-8(12)13/h1,4,7,9,11,14H,2-3H2,(H,12,13). The first-order valence-electron chi connectivity index (χ1n) is 4.25. The number of carbonyl (C=O) groups is 1. The van der Waals surface area contributed by atoms with Crippen LogP contribution < -0.4 is 0 Å². The van der Waals surface area contributed by atoms with Crippen LogP contribution in [-0.2, 0) is 11.2 Å². The van der Waals surface area contributed by atoms with Gasteiger partial charge < -0.3 is 15.3 Å². The molecular formula is C9H11ClO4S. The molecule has 0 spiro atoms. The predicted octanol–water partition coefficient (Wildman–Crippen LogP) is 1.01. The highest BCUT2D eigenvalue weighted by molar-refractivity contribution is 7.10. The van der Waals surface area contributed by atoms with Crippen LogP contribution in [-0.4, -0.2) is 33.3 Å². The fourth-order valence-electron chi connectivity index (χ4n) is 1.10. The van der Waals surface area contributed by atoms with Crippen molar-refractivity contribution in [2.24, 2.45) is 0 Å². The molecule has 2 atom stereocenters. The Kier molecular flexibility index (Phi) is 4.53. The van der Waals surface area contributed by atoms with Gasteiger partial charge in [-0.05, 0) is 17.0 Å². The minimum Gasteiger partial charge on any atom is -0.481 e. The van der Waals surface area contributed by atoms with Gasteiger partial charge in [-0.15, -0.1) is 22.9 Å². The van der Waals surface area contributed by atoms with Crippen molar-refractivity contribution in [2.45, 2.75) is 18.6 Å². The molecule has 4 nitrogen and oxygen atoms in total. The first-order valence-corrected chi connectivity index (χ1v) is 5.67. The molecule has 0 aliphatic rings. The molecule has 0 aliphatic heterocycles. The van der Waals surface area contributed by atoms with E-state index in [0.717, 1.165) is 0 Å². The van der Waals surface area contributed by atoms with Crippen molar-refractivity contribution < 1.29 is 20.1 Å². The zero-order valence-electron chi connectivity index (χ0n) is 7.76. The van der Waals surface area contributed by atoms with Crippen molar-refractivity contribution in [1.29, 1.82) is 0 Å². The summed E-state index contributed by atoms with van der Waals surface area (Å²) in [5, 5.41) is 29.0. The lowest BCUT2D eigenvalue weighted by atomic mass is 10.1. The van der Waals surface area contributed by atoms with Crippen molar-refractivity contribution in [3.05, 3.63) is 21.9 Å². The largest absolute Gasteiger partial charge is 0.481 e. The summed E-state index contributed by atoms with van der Waals surface area (Å²) >= 11 is 6.63. The van der Waals surface area contributed by atoms with Crippen LogP contribution in [0.5, 0.6) is 0 Å². The third kappa shape index (κ3) is 3.46. The van der Waals surface area contributed by atoms with Crippen molar-refractivity contribution >= 4 is 28.9 Å². The molecule has 0 saturated heterocycles. The van der Waals surface area contributed by atoms with E-state index in [-0.39, 0.29) is 12.3 Å². The molecule has 84 valence electrons. The van der Waals surface area contributed by atoms with Crippen molar-refractivity contribution in [2.75, 3.05) is 5.88 Å². The van der Waals surface area contributed by atoms with Gasteiger partial charge in [-0.25, -0.2) is 0 Å². The molecule has 6 heteroatoms. The summed E-state index contributed by atoms with van der Waals surface area (Å²) in [7, 11) is 0. The maximum atomic E-state index is 10.4. The second-order valence-electron chi connectivity index (χ2n) is 3.08. The molecule has 0 fully saturated rings. The van der Waals surface area contributed by atoms with Crippen LogP contribution in [0.3, 0.4) is 0 Å². The SMILES string of the molecule is O=C(O)Cc1cc(C(O)C(O)CCl)cs1. The Morgan fingerprint density at radius 3 is 2.73 bits per heavy atom. The average molecular weight is 251 g/mol. The van der Waals surface area contributed by atoms with Gasteiger partial charge >= 0.3 is 5.97 Å². The van der Waals surface area contributed by atoms with Crippen LogP contribution in [0.4, 0.5) is 0 Å². The number of carboxylic acids is 1. The van der Waals surface area contributed by atoms with E-state index in [4.69, 9.17) is 16.7 Å². The van der Waals surface area contributed by atoms with Gasteiger partial charge in [0.15, 0.2) is 0 Å². The summed E-state index contributed by atoms with van der Waals surface area (Å²) in [5.74, 6) is -0.985. The first kappa shape index (κ1) is 12.4. The van der Waals surface area contributed by atoms with E-state index in [9.17, 15) is 15.0 Å². The van der Waals surface area contributed by atoms with Crippen LogP contribution in [0.1, 0.15) is 16.5 Å². The summed E-state index contributed by atoms with van der Waals surface area (Å²) in [6.45, 7) is 0. The van der Waals surface area contributed by atoms with Crippen LogP contribution in [0, 0.1) is 0 Å². The predicted molar refractivity (Wildman–Crippen MR) is 57.3 cm³/mol. The molecule has 0 amide bonds. The molecule has 2 unspecified atom stereocenters. The fraction of sp³-hybridized carbons (Fsp3) is 0.444. The van der Waals surface area contributed by atoms with E-state index in [1.807, 2.05) is 0 Å². The lowest BCUT2D eigenvalue weighted by Gasteiger charge is -2.13. The number of rotatable bonds is 5. The molecule has 1 rings (SSSR count). The van der Waals surface area contributed by atoms with Gasteiger partial charge in [0.05, 0.1) is 18.4 Å². The van der Waals surface area contributed by atoms with E-state index in [1.54, 1.807) is 11.4 Å². The van der Waals surface area contributed by atoms with Crippen molar-refractivity contribution in [3.8, 4) is 0 Å². The number of thiophene rings is 1. The van der Waals surface area contributed by atoms with Gasteiger partial charge in [0.1, 0.15) is 6.10 Å². The molecule has 1 aromatic rings. The van der Waals surface area contributed by atoms with Gasteiger partial charge in [0, 0.05) is 4.88 Å². The molecule has 0 bridgehead atoms. The second-order valence-corrected chi connectivity index (χ2v) is 4.39. The van der Waals surface area contributed by atoms with Gasteiger partial charge in [-0.2, -0.15) is 0 Å². The van der Waals surface area contributed by atoms with Crippen LogP contribution in [0.15, 0.2) is 11.4 Å². The van der Waals surface area contributed by atoms with E-state index in [2.05, 4.69) is 0 Å². The Bertz CT molecular complexity index is 339. The Balaban J connectivity index is 2.70. The van der Waals surface area contributed by atoms with Crippen LogP contribution in [0.2, 0.25) is 0 Å². The normalized spacial score (nSPS) is 14.9.